The van der Waals surface area contributed by atoms with Crippen LogP contribution in [0.4, 0.5) is 5.69 Å². The molecule has 122 valence electrons. The molecule has 1 aliphatic rings. The van der Waals surface area contributed by atoms with Crippen LogP contribution in [0, 0.1) is 16.0 Å². The van der Waals surface area contributed by atoms with Gasteiger partial charge in [0.2, 0.25) is 5.89 Å². The molecule has 6 nitrogen and oxygen atoms in total. The zero-order valence-corrected chi connectivity index (χ0v) is 13.2. The number of nitrogens with zero attached hydrogens (tertiary/aromatic N) is 2. The fourth-order valence-electron chi connectivity index (χ4n) is 3.10. The van der Waals surface area contributed by atoms with Crippen LogP contribution >= 0.6 is 0 Å². The van der Waals surface area contributed by atoms with Gasteiger partial charge in [-0.1, -0.05) is 19.8 Å². The summed E-state index contributed by atoms with van der Waals surface area (Å²) in [5.41, 5.74) is 1.66. The van der Waals surface area contributed by atoms with Gasteiger partial charge < -0.3 is 9.73 Å². The van der Waals surface area contributed by atoms with E-state index in [1.54, 1.807) is 18.4 Å². The van der Waals surface area contributed by atoms with Gasteiger partial charge in [0.15, 0.2) is 0 Å². The summed E-state index contributed by atoms with van der Waals surface area (Å²) in [4.78, 5) is 14.7. The van der Waals surface area contributed by atoms with Crippen molar-refractivity contribution in [2.24, 2.45) is 5.92 Å². The molecule has 0 radical (unpaired) electrons. The largest absolute Gasteiger partial charge is 0.444 e. The predicted molar refractivity (Wildman–Crippen MR) is 86.9 cm³/mol. The lowest BCUT2D eigenvalue weighted by atomic mass is 9.86. The van der Waals surface area contributed by atoms with E-state index in [9.17, 15) is 10.1 Å². The molecule has 1 aromatic heterocycles. The fourth-order valence-corrected chi connectivity index (χ4v) is 3.10. The molecule has 0 unspecified atom stereocenters. The third-order valence-corrected chi connectivity index (χ3v) is 4.53. The quantitative estimate of drug-likeness (QED) is 0.668. The van der Waals surface area contributed by atoms with Crippen molar-refractivity contribution >= 4 is 5.69 Å². The number of hydrogen-bond acceptors (Lipinski definition) is 5. The summed E-state index contributed by atoms with van der Waals surface area (Å²) in [5.74, 6) is 1.19. The minimum Gasteiger partial charge on any atom is -0.444 e. The maximum atomic E-state index is 10.7. The Hall–Kier alpha value is -2.21. The first-order valence-electron chi connectivity index (χ1n) is 8.06. The van der Waals surface area contributed by atoms with Crippen molar-refractivity contribution in [3.63, 3.8) is 0 Å². The highest BCUT2D eigenvalue weighted by Crippen LogP contribution is 2.25. The van der Waals surface area contributed by atoms with Crippen LogP contribution in [0.1, 0.15) is 38.3 Å². The molecule has 6 heteroatoms. The molecule has 0 bridgehead atoms. The first kappa shape index (κ1) is 15.7. The second kappa shape index (κ2) is 6.91. The summed E-state index contributed by atoms with van der Waals surface area (Å²) < 4.78 is 5.50. The van der Waals surface area contributed by atoms with Crippen LogP contribution in [0.5, 0.6) is 0 Å². The van der Waals surface area contributed by atoms with Gasteiger partial charge in [-0.15, -0.1) is 0 Å². The Balaban J connectivity index is 1.62. The van der Waals surface area contributed by atoms with Crippen molar-refractivity contribution in [1.29, 1.82) is 0 Å². The third kappa shape index (κ3) is 3.76. The molecule has 1 heterocycles. The Labute approximate surface area is 135 Å². The Bertz CT molecular complexity index is 666. The number of nitro benzene ring substituents is 1. The fraction of sp³-hybridized carbons (Fsp3) is 0.471. The number of benzene rings is 1. The monoisotopic (exact) mass is 315 g/mol. The highest BCUT2D eigenvalue weighted by atomic mass is 16.6. The van der Waals surface area contributed by atoms with Gasteiger partial charge in [0.1, 0.15) is 6.26 Å². The topological polar surface area (TPSA) is 81.2 Å². The van der Waals surface area contributed by atoms with Crippen LogP contribution < -0.4 is 5.32 Å². The predicted octanol–water partition coefficient (Wildman–Crippen LogP) is 3.92. The molecule has 0 spiro atoms. The first-order chi connectivity index (χ1) is 11.1. The van der Waals surface area contributed by atoms with Gasteiger partial charge in [-0.05, 0) is 30.9 Å². The number of aromatic nitrogens is 1. The summed E-state index contributed by atoms with van der Waals surface area (Å²) in [7, 11) is 0. The number of non-ortho nitro benzene ring substituents is 1. The van der Waals surface area contributed by atoms with E-state index in [1.807, 2.05) is 0 Å². The smallest absolute Gasteiger partial charge is 0.269 e. The molecule has 1 aliphatic carbocycles. The van der Waals surface area contributed by atoms with Gasteiger partial charge in [0, 0.05) is 30.3 Å². The van der Waals surface area contributed by atoms with Crippen molar-refractivity contribution in [2.75, 3.05) is 0 Å². The summed E-state index contributed by atoms with van der Waals surface area (Å²) >= 11 is 0. The molecule has 2 atom stereocenters. The molecule has 0 saturated heterocycles. The molecule has 3 rings (SSSR count). The number of oxazole rings is 1. The second-order valence-electron chi connectivity index (χ2n) is 6.20. The van der Waals surface area contributed by atoms with Crippen molar-refractivity contribution in [2.45, 2.75) is 45.2 Å². The molecular weight excluding hydrogens is 294 g/mol. The third-order valence-electron chi connectivity index (χ3n) is 4.53. The van der Waals surface area contributed by atoms with Gasteiger partial charge in [0.25, 0.3) is 5.69 Å². The summed E-state index contributed by atoms with van der Waals surface area (Å²) in [6.07, 6.45) is 6.76. The zero-order chi connectivity index (χ0) is 16.2. The number of hydrogen-bond donors (Lipinski definition) is 1. The second-order valence-corrected chi connectivity index (χ2v) is 6.20. The molecular formula is C17H21N3O3. The lowest BCUT2D eigenvalue weighted by Gasteiger charge is -2.29. The van der Waals surface area contributed by atoms with E-state index in [0.29, 0.717) is 24.4 Å². The minimum atomic E-state index is -0.417. The molecule has 0 amide bonds. The summed E-state index contributed by atoms with van der Waals surface area (Å²) in [6.45, 7) is 2.98. The molecule has 2 aromatic rings. The van der Waals surface area contributed by atoms with E-state index in [1.165, 1.54) is 37.8 Å². The number of nitrogens with one attached hydrogen (secondary N) is 1. The van der Waals surface area contributed by atoms with E-state index >= 15 is 0 Å². The van der Waals surface area contributed by atoms with Gasteiger partial charge in [-0.3, -0.25) is 10.1 Å². The SMILES string of the molecule is C[C@@H]1CCCC[C@H]1NCc1coc(-c2ccc([N+](=O)[O-])cc2)n1. The van der Waals surface area contributed by atoms with Crippen LogP contribution in [0.25, 0.3) is 11.5 Å². The summed E-state index contributed by atoms with van der Waals surface area (Å²) in [5, 5.41) is 14.2. The molecule has 1 N–H and O–H groups in total. The Kier molecular flexibility index (Phi) is 4.71. The highest BCUT2D eigenvalue weighted by Gasteiger charge is 2.21. The maximum absolute atomic E-state index is 10.7. The van der Waals surface area contributed by atoms with Crippen molar-refractivity contribution < 1.29 is 9.34 Å². The Morgan fingerprint density at radius 1 is 1.30 bits per heavy atom. The molecule has 1 aromatic carbocycles. The normalized spacial score (nSPS) is 21.3. The van der Waals surface area contributed by atoms with Crippen LogP contribution in [0.15, 0.2) is 34.9 Å². The number of rotatable bonds is 5. The standard InChI is InChI=1S/C17H21N3O3/c1-12-4-2-3-5-16(12)18-10-14-11-23-17(19-14)13-6-8-15(9-7-13)20(21)22/h6-9,11-12,16,18H,2-5,10H2,1H3/t12-,16-/m1/s1. The average molecular weight is 315 g/mol. The molecule has 1 saturated carbocycles. The average Bonchev–Trinajstić information content (AvgIpc) is 3.03. The lowest BCUT2D eigenvalue weighted by molar-refractivity contribution is -0.384. The molecule has 1 fully saturated rings. The van der Waals surface area contributed by atoms with Crippen molar-refractivity contribution in [3.8, 4) is 11.5 Å². The van der Waals surface area contributed by atoms with E-state index in [4.69, 9.17) is 4.42 Å². The molecule has 0 aliphatic heterocycles. The van der Waals surface area contributed by atoms with Crippen LogP contribution in [-0.4, -0.2) is 15.9 Å². The molecule has 23 heavy (non-hydrogen) atoms. The van der Waals surface area contributed by atoms with E-state index in [0.717, 1.165) is 11.3 Å². The van der Waals surface area contributed by atoms with Crippen LogP contribution in [0.3, 0.4) is 0 Å². The number of nitro groups is 1. The Morgan fingerprint density at radius 3 is 2.74 bits per heavy atom. The minimum absolute atomic E-state index is 0.0634. The van der Waals surface area contributed by atoms with Gasteiger partial charge >= 0.3 is 0 Å². The maximum Gasteiger partial charge on any atom is 0.269 e. The van der Waals surface area contributed by atoms with Crippen LogP contribution in [-0.2, 0) is 6.54 Å². The highest BCUT2D eigenvalue weighted by molar-refractivity contribution is 5.55. The van der Waals surface area contributed by atoms with E-state index < -0.39 is 4.92 Å². The van der Waals surface area contributed by atoms with E-state index in [2.05, 4.69) is 17.2 Å². The summed E-state index contributed by atoms with van der Waals surface area (Å²) in [6, 6.07) is 6.78. The van der Waals surface area contributed by atoms with Crippen molar-refractivity contribution in [3.05, 3.63) is 46.3 Å². The van der Waals surface area contributed by atoms with Gasteiger partial charge in [0.05, 0.1) is 10.6 Å². The van der Waals surface area contributed by atoms with Crippen LogP contribution in [0.2, 0.25) is 0 Å². The first-order valence-corrected chi connectivity index (χ1v) is 8.06. The van der Waals surface area contributed by atoms with Gasteiger partial charge in [-0.25, -0.2) is 4.98 Å². The van der Waals surface area contributed by atoms with Crippen molar-refractivity contribution in [1.82, 2.24) is 10.3 Å². The van der Waals surface area contributed by atoms with E-state index in [-0.39, 0.29) is 5.69 Å². The van der Waals surface area contributed by atoms with Gasteiger partial charge in [-0.2, -0.15) is 0 Å². The lowest BCUT2D eigenvalue weighted by Crippen LogP contribution is -2.36. The Morgan fingerprint density at radius 2 is 2.04 bits per heavy atom. The zero-order valence-electron chi connectivity index (χ0n) is 13.2.